The lowest BCUT2D eigenvalue weighted by atomic mass is 10.3. The standard InChI is InChI=1S/C12H16N4O3/c1-19-10-3-2-9(8-14-10)15-11(17)12(18)16-6-4-13-5-7-16/h2-3,8,13H,4-7H2,1H3,(H,15,17). The van der Waals surface area contributed by atoms with E-state index in [-0.39, 0.29) is 0 Å². The molecule has 0 radical (unpaired) electrons. The first kappa shape index (κ1) is 13.3. The van der Waals surface area contributed by atoms with Crippen molar-refractivity contribution in [3.8, 4) is 5.88 Å². The van der Waals surface area contributed by atoms with E-state index in [1.54, 1.807) is 12.1 Å². The third-order valence-corrected chi connectivity index (χ3v) is 2.80. The minimum absolute atomic E-state index is 0.450. The average Bonchev–Trinajstić information content (AvgIpc) is 2.48. The Morgan fingerprint density at radius 3 is 2.68 bits per heavy atom. The van der Waals surface area contributed by atoms with Gasteiger partial charge in [-0.1, -0.05) is 0 Å². The molecule has 0 saturated carbocycles. The number of pyridine rings is 1. The summed E-state index contributed by atoms with van der Waals surface area (Å²) in [5.41, 5.74) is 0.467. The van der Waals surface area contributed by atoms with Crippen LogP contribution < -0.4 is 15.4 Å². The van der Waals surface area contributed by atoms with Crippen molar-refractivity contribution in [2.75, 3.05) is 38.6 Å². The van der Waals surface area contributed by atoms with Crippen molar-refractivity contribution in [3.05, 3.63) is 18.3 Å². The van der Waals surface area contributed by atoms with Crippen LogP contribution in [-0.2, 0) is 9.59 Å². The van der Waals surface area contributed by atoms with Crippen molar-refractivity contribution in [1.29, 1.82) is 0 Å². The normalized spacial score (nSPS) is 14.9. The van der Waals surface area contributed by atoms with Gasteiger partial charge in [-0.25, -0.2) is 4.98 Å². The summed E-state index contributed by atoms with van der Waals surface area (Å²) in [6.45, 7) is 2.52. The molecule has 1 aliphatic rings. The maximum absolute atomic E-state index is 11.9. The number of hydrogen-bond acceptors (Lipinski definition) is 5. The van der Waals surface area contributed by atoms with Crippen LogP contribution in [0.2, 0.25) is 0 Å². The van der Waals surface area contributed by atoms with E-state index in [4.69, 9.17) is 4.74 Å². The first-order valence-electron chi connectivity index (χ1n) is 6.01. The van der Waals surface area contributed by atoms with Crippen molar-refractivity contribution in [2.45, 2.75) is 0 Å². The lowest BCUT2D eigenvalue weighted by molar-refractivity contribution is -0.143. The van der Waals surface area contributed by atoms with Gasteiger partial charge in [0, 0.05) is 32.2 Å². The predicted octanol–water partition coefficient (Wildman–Crippen LogP) is -0.539. The Morgan fingerprint density at radius 1 is 1.37 bits per heavy atom. The number of methoxy groups -OCH3 is 1. The number of piperazine rings is 1. The molecule has 1 aromatic rings. The molecule has 2 rings (SSSR count). The van der Waals surface area contributed by atoms with Crippen LogP contribution in [0.3, 0.4) is 0 Å². The van der Waals surface area contributed by atoms with Crippen molar-refractivity contribution >= 4 is 17.5 Å². The summed E-state index contributed by atoms with van der Waals surface area (Å²) < 4.78 is 4.91. The topological polar surface area (TPSA) is 83.6 Å². The molecule has 0 unspecified atom stereocenters. The van der Waals surface area contributed by atoms with Gasteiger partial charge >= 0.3 is 11.8 Å². The minimum Gasteiger partial charge on any atom is -0.481 e. The number of carbonyl (C=O) groups excluding carboxylic acids is 2. The van der Waals surface area contributed by atoms with Gasteiger partial charge in [0.25, 0.3) is 0 Å². The summed E-state index contributed by atoms with van der Waals surface area (Å²) >= 11 is 0. The largest absolute Gasteiger partial charge is 0.481 e. The molecule has 102 valence electrons. The fraction of sp³-hybridized carbons (Fsp3) is 0.417. The van der Waals surface area contributed by atoms with Crippen LogP contribution >= 0.6 is 0 Å². The number of nitrogens with zero attached hydrogens (tertiary/aromatic N) is 2. The van der Waals surface area contributed by atoms with Crippen LogP contribution in [0.25, 0.3) is 0 Å². The number of rotatable bonds is 2. The Balaban J connectivity index is 1.93. The first-order valence-corrected chi connectivity index (χ1v) is 6.01. The Bertz CT molecular complexity index is 455. The first-order chi connectivity index (χ1) is 9.20. The fourth-order valence-corrected chi connectivity index (χ4v) is 1.77. The molecule has 2 amide bonds. The molecule has 2 N–H and O–H groups in total. The van der Waals surface area contributed by atoms with E-state index in [1.165, 1.54) is 18.2 Å². The van der Waals surface area contributed by atoms with E-state index < -0.39 is 11.8 Å². The fourth-order valence-electron chi connectivity index (χ4n) is 1.77. The van der Waals surface area contributed by atoms with Gasteiger partial charge in [-0.15, -0.1) is 0 Å². The molecular weight excluding hydrogens is 248 g/mol. The van der Waals surface area contributed by atoms with Gasteiger partial charge in [0.2, 0.25) is 5.88 Å². The molecule has 1 saturated heterocycles. The van der Waals surface area contributed by atoms with E-state index in [2.05, 4.69) is 15.6 Å². The number of amides is 2. The molecule has 1 fully saturated rings. The zero-order valence-corrected chi connectivity index (χ0v) is 10.7. The Morgan fingerprint density at radius 2 is 2.11 bits per heavy atom. The van der Waals surface area contributed by atoms with Crippen LogP contribution in [0.15, 0.2) is 18.3 Å². The summed E-state index contributed by atoms with van der Waals surface area (Å²) in [7, 11) is 1.51. The molecular formula is C12H16N4O3. The number of anilines is 1. The molecule has 0 aliphatic carbocycles. The average molecular weight is 264 g/mol. The third kappa shape index (κ3) is 3.41. The number of carbonyl (C=O) groups is 2. The second kappa shape index (κ2) is 6.14. The van der Waals surface area contributed by atoms with Crippen LogP contribution in [0.4, 0.5) is 5.69 Å². The zero-order valence-electron chi connectivity index (χ0n) is 10.7. The smallest absolute Gasteiger partial charge is 0.313 e. The molecule has 2 heterocycles. The zero-order chi connectivity index (χ0) is 13.7. The molecule has 7 nitrogen and oxygen atoms in total. The van der Waals surface area contributed by atoms with E-state index >= 15 is 0 Å². The number of ether oxygens (including phenoxy) is 1. The van der Waals surface area contributed by atoms with Crippen LogP contribution in [0, 0.1) is 0 Å². The highest BCUT2D eigenvalue weighted by Gasteiger charge is 2.23. The molecule has 0 bridgehead atoms. The number of hydrogen-bond donors (Lipinski definition) is 2. The monoisotopic (exact) mass is 264 g/mol. The number of aromatic nitrogens is 1. The molecule has 0 atom stereocenters. The van der Waals surface area contributed by atoms with E-state index in [0.717, 1.165) is 0 Å². The minimum atomic E-state index is -0.645. The highest BCUT2D eigenvalue weighted by atomic mass is 16.5. The van der Waals surface area contributed by atoms with Gasteiger partial charge in [0.1, 0.15) is 0 Å². The van der Waals surface area contributed by atoms with Gasteiger partial charge in [-0.2, -0.15) is 0 Å². The maximum Gasteiger partial charge on any atom is 0.313 e. The van der Waals surface area contributed by atoms with Crippen LogP contribution in [-0.4, -0.2) is 55.0 Å². The van der Waals surface area contributed by atoms with Crippen molar-refractivity contribution < 1.29 is 14.3 Å². The van der Waals surface area contributed by atoms with Gasteiger partial charge in [0.05, 0.1) is 19.0 Å². The van der Waals surface area contributed by atoms with Crippen molar-refractivity contribution in [1.82, 2.24) is 15.2 Å². The molecule has 19 heavy (non-hydrogen) atoms. The molecule has 1 aliphatic heterocycles. The van der Waals surface area contributed by atoms with E-state index in [1.807, 2.05) is 0 Å². The van der Waals surface area contributed by atoms with Crippen molar-refractivity contribution in [2.24, 2.45) is 0 Å². The summed E-state index contributed by atoms with van der Waals surface area (Å²) in [4.78, 5) is 29.1. The second-order valence-corrected chi connectivity index (χ2v) is 4.09. The summed E-state index contributed by atoms with van der Waals surface area (Å²) in [6.07, 6.45) is 1.45. The van der Waals surface area contributed by atoms with E-state index in [9.17, 15) is 9.59 Å². The van der Waals surface area contributed by atoms with Gasteiger partial charge < -0.3 is 20.3 Å². The van der Waals surface area contributed by atoms with Gasteiger partial charge in [0.15, 0.2) is 0 Å². The second-order valence-electron chi connectivity index (χ2n) is 4.09. The summed E-state index contributed by atoms with van der Waals surface area (Å²) in [5.74, 6) is -0.711. The molecule has 0 aromatic carbocycles. The Labute approximate surface area is 110 Å². The Hall–Kier alpha value is -2.15. The third-order valence-electron chi connectivity index (χ3n) is 2.80. The maximum atomic E-state index is 11.9. The lowest BCUT2D eigenvalue weighted by Gasteiger charge is -2.26. The lowest BCUT2D eigenvalue weighted by Crippen LogP contribution is -2.49. The summed E-state index contributed by atoms with van der Waals surface area (Å²) in [5, 5.41) is 5.64. The van der Waals surface area contributed by atoms with Crippen molar-refractivity contribution in [3.63, 3.8) is 0 Å². The van der Waals surface area contributed by atoms with Crippen LogP contribution in [0.5, 0.6) is 5.88 Å². The van der Waals surface area contributed by atoms with Gasteiger partial charge in [-0.3, -0.25) is 9.59 Å². The Kier molecular flexibility index (Phi) is 4.30. The molecule has 1 aromatic heterocycles. The van der Waals surface area contributed by atoms with Gasteiger partial charge in [-0.05, 0) is 6.07 Å². The molecule has 0 spiro atoms. The summed E-state index contributed by atoms with van der Waals surface area (Å²) in [6, 6.07) is 3.25. The van der Waals surface area contributed by atoms with E-state index in [0.29, 0.717) is 37.7 Å². The SMILES string of the molecule is COc1ccc(NC(=O)C(=O)N2CCNCC2)cn1. The molecule has 7 heteroatoms. The highest BCUT2D eigenvalue weighted by Crippen LogP contribution is 2.11. The highest BCUT2D eigenvalue weighted by molar-refractivity contribution is 6.39. The predicted molar refractivity (Wildman–Crippen MR) is 68.9 cm³/mol. The van der Waals surface area contributed by atoms with Crippen LogP contribution in [0.1, 0.15) is 0 Å². The quantitative estimate of drug-likeness (QED) is 0.701. The number of nitrogens with one attached hydrogen (secondary N) is 2.